The van der Waals surface area contributed by atoms with Crippen LogP contribution >= 0.6 is 0 Å². The van der Waals surface area contributed by atoms with Gasteiger partial charge in [0, 0.05) is 6.54 Å². The van der Waals surface area contributed by atoms with Gasteiger partial charge in [-0.25, -0.2) is 4.72 Å². The maximum atomic E-state index is 11.4. The number of rotatable bonds is 8. The van der Waals surface area contributed by atoms with Gasteiger partial charge in [-0.3, -0.25) is 4.79 Å². The SMILES string of the molecule is CCCNS(=O)(=O)N[C@H](C(=O)O)C(C)CC. The van der Waals surface area contributed by atoms with Crippen molar-refractivity contribution in [1.29, 1.82) is 0 Å². The van der Waals surface area contributed by atoms with Gasteiger partial charge in [0.2, 0.25) is 0 Å². The van der Waals surface area contributed by atoms with Crippen LogP contribution in [0.5, 0.6) is 0 Å². The summed E-state index contributed by atoms with van der Waals surface area (Å²) >= 11 is 0. The molecule has 7 heteroatoms. The molecule has 0 saturated heterocycles. The number of carboxylic acid groups (broad SMARTS) is 1. The summed E-state index contributed by atoms with van der Waals surface area (Å²) < 4.78 is 27.3. The van der Waals surface area contributed by atoms with E-state index in [1.807, 2.05) is 13.8 Å². The number of nitrogens with one attached hydrogen (secondary N) is 2. The fourth-order valence-corrected chi connectivity index (χ4v) is 2.31. The highest BCUT2D eigenvalue weighted by Gasteiger charge is 2.27. The summed E-state index contributed by atoms with van der Waals surface area (Å²) in [5, 5.41) is 8.91. The first-order chi connectivity index (χ1) is 7.34. The summed E-state index contributed by atoms with van der Waals surface area (Å²) in [6.07, 6.45) is 1.25. The van der Waals surface area contributed by atoms with Crippen molar-refractivity contribution >= 4 is 16.2 Å². The predicted octanol–water partition coefficient (Wildman–Crippen LogP) is 0.320. The normalized spacial score (nSPS) is 15.7. The standard InChI is InChI=1S/C9H20N2O4S/c1-4-6-10-16(14,15)11-8(9(12)13)7(3)5-2/h7-8,10-11H,4-6H2,1-3H3,(H,12,13)/t7?,8-/m0/s1. The topological polar surface area (TPSA) is 95.5 Å². The average Bonchev–Trinajstić information content (AvgIpc) is 2.22. The Morgan fingerprint density at radius 2 is 1.94 bits per heavy atom. The summed E-state index contributed by atoms with van der Waals surface area (Å²) in [5.41, 5.74) is 0. The van der Waals surface area contributed by atoms with E-state index in [9.17, 15) is 13.2 Å². The highest BCUT2D eigenvalue weighted by Crippen LogP contribution is 2.08. The minimum atomic E-state index is -3.72. The van der Waals surface area contributed by atoms with Crippen molar-refractivity contribution in [2.45, 2.75) is 39.7 Å². The summed E-state index contributed by atoms with van der Waals surface area (Å²) in [5.74, 6) is -1.41. The molecule has 3 N–H and O–H groups in total. The van der Waals surface area contributed by atoms with Crippen molar-refractivity contribution < 1.29 is 18.3 Å². The van der Waals surface area contributed by atoms with Crippen LogP contribution in [0.1, 0.15) is 33.6 Å². The molecule has 6 nitrogen and oxygen atoms in total. The Labute approximate surface area is 96.6 Å². The fourth-order valence-electron chi connectivity index (χ4n) is 1.09. The van der Waals surface area contributed by atoms with E-state index >= 15 is 0 Å². The van der Waals surface area contributed by atoms with Gasteiger partial charge in [0.05, 0.1) is 0 Å². The molecule has 0 aliphatic carbocycles. The lowest BCUT2D eigenvalue weighted by Crippen LogP contribution is -2.49. The molecule has 16 heavy (non-hydrogen) atoms. The van der Waals surface area contributed by atoms with Gasteiger partial charge < -0.3 is 5.11 Å². The van der Waals surface area contributed by atoms with Gasteiger partial charge in [0.15, 0.2) is 0 Å². The van der Waals surface area contributed by atoms with Gasteiger partial charge in [-0.15, -0.1) is 0 Å². The van der Waals surface area contributed by atoms with Gasteiger partial charge in [-0.1, -0.05) is 27.2 Å². The van der Waals surface area contributed by atoms with Crippen LogP contribution in [0.15, 0.2) is 0 Å². The van der Waals surface area contributed by atoms with Gasteiger partial charge in [-0.2, -0.15) is 13.1 Å². The molecule has 0 amide bonds. The third-order valence-electron chi connectivity index (χ3n) is 2.30. The van der Waals surface area contributed by atoms with Gasteiger partial charge in [0.25, 0.3) is 10.2 Å². The predicted molar refractivity (Wildman–Crippen MR) is 61.2 cm³/mol. The lowest BCUT2D eigenvalue weighted by atomic mass is 10.0. The lowest BCUT2D eigenvalue weighted by molar-refractivity contribution is -0.140. The number of aliphatic carboxylic acids is 1. The van der Waals surface area contributed by atoms with Crippen LogP contribution in [0, 0.1) is 5.92 Å². The van der Waals surface area contributed by atoms with Crippen molar-refractivity contribution in [3.05, 3.63) is 0 Å². The van der Waals surface area contributed by atoms with E-state index in [4.69, 9.17) is 5.11 Å². The van der Waals surface area contributed by atoms with E-state index in [-0.39, 0.29) is 5.92 Å². The van der Waals surface area contributed by atoms with Crippen LogP contribution < -0.4 is 9.44 Å². The zero-order chi connectivity index (χ0) is 12.8. The molecule has 0 bridgehead atoms. The number of hydrogen-bond donors (Lipinski definition) is 3. The fraction of sp³-hybridized carbons (Fsp3) is 0.889. The minimum Gasteiger partial charge on any atom is -0.480 e. The second-order valence-corrected chi connectivity index (χ2v) is 5.25. The highest BCUT2D eigenvalue weighted by atomic mass is 32.2. The molecule has 0 aliphatic rings. The van der Waals surface area contributed by atoms with Crippen LogP contribution in [0.25, 0.3) is 0 Å². The van der Waals surface area contributed by atoms with Crippen LogP contribution in [-0.4, -0.2) is 32.1 Å². The van der Waals surface area contributed by atoms with E-state index in [1.54, 1.807) is 6.92 Å². The molecule has 0 aromatic rings. The lowest BCUT2D eigenvalue weighted by Gasteiger charge is -2.20. The molecule has 0 aromatic heterocycles. The number of carbonyl (C=O) groups is 1. The van der Waals surface area contributed by atoms with E-state index < -0.39 is 22.2 Å². The summed E-state index contributed by atoms with van der Waals surface area (Å²) in [7, 11) is -3.72. The molecule has 0 saturated carbocycles. The summed E-state index contributed by atoms with van der Waals surface area (Å²) in [6, 6.07) is -1.08. The molecule has 1 unspecified atom stereocenters. The van der Waals surface area contributed by atoms with Crippen LogP contribution in [-0.2, 0) is 15.0 Å². The molecule has 0 aromatic carbocycles. The van der Waals surface area contributed by atoms with Crippen LogP contribution in [0.4, 0.5) is 0 Å². The van der Waals surface area contributed by atoms with E-state index in [1.165, 1.54) is 0 Å². The Morgan fingerprint density at radius 1 is 1.38 bits per heavy atom. The first kappa shape index (κ1) is 15.3. The van der Waals surface area contributed by atoms with Crippen LogP contribution in [0.2, 0.25) is 0 Å². The molecular formula is C9H20N2O4S. The maximum absolute atomic E-state index is 11.4. The summed E-state index contributed by atoms with van der Waals surface area (Å²) in [6.45, 7) is 5.63. The largest absolute Gasteiger partial charge is 0.480 e. The Kier molecular flexibility index (Phi) is 6.54. The minimum absolute atomic E-state index is 0.254. The van der Waals surface area contributed by atoms with Crippen molar-refractivity contribution in [1.82, 2.24) is 9.44 Å². The van der Waals surface area contributed by atoms with Crippen molar-refractivity contribution in [3.8, 4) is 0 Å². The summed E-state index contributed by atoms with van der Waals surface area (Å²) in [4.78, 5) is 10.9. The van der Waals surface area contributed by atoms with Gasteiger partial charge in [0.1, 0.15) is 6.04 Å². The molecule has 0 rings (SSSR count). The second kappa shape index (κ2) is 6.82. The molecular weight excluding hydrogens is 232 g/mol. The molecule has 0 heterocycles. The third-order valence-corrected chi connectivity index (χ3v) is 3.45. The molecule has 0 spiro atoms. The highest BCUT2D eigenvalue weighted by molar-refractivity contribution is 7.87. The third kappa shape index (κ3) is 5.43. The van der Waals surface area contributed by atoms with Crippen LogP contribution in [0.3, 0.4) is 0 Å². The first-order valence-electron chi connectivity index (χ1n) is 5.33. The van der Waals surface area contributed by atoms with E-state index in [0.717, 1.165) is 0 Å². The first-order valence-corrected chi connectivity index (χ1v) is 6.82. The number of carboxylic acids is 1. The van der Waals surface area contributed by atoms with E-state index in [2.05, 4.69) is 9.44 Å². The number of hydrogen-bond acceptors (Lipinski definition) is 3. The quantitative estimate of drug-likeness (QED) is 0.579. The van der Waals surface area contributed by atoms with Gasteiger partial charge in [-0.05, 0) is 12.3 Å². The van der Waals surface area contributed by atoms with Crippen molar-refractivity contribution in [3.63, 3.8) is 0 Å². The second-order valence-electron chi connectivity index (χ2n) is 3.72. The van der Waals surface area contributed by atoms with Gasteiger partial charge >= 0.3 is 5.97 Å². The Bertz CT molecular complexity index is 315. The Balaban J connectivity index is 4.57. The zero-order valence-electron chi connectivity index (χ0n) is 9.86. The van der Waals surface area contributed by atoms with E-state index in [0.29, 0.717) is 19.4 Å². The monoisotopic (exact) mass is 252 g/mol. The molecule has 0 fully saturated rings. The Hall–Kier alpha value is -0.660. The molecule has 96 valence electrons. The molecule has 0 radical (unpaired) electrons. The maximum Gasteiger partial charge on any atom is 0.322 e. The molecule has 2 atom stereocenters. The van der Waals surface area contributed by atoms with Crippen molar-refractivity contribution in [2.24, 2.45) is 5.92 Å². The molecule has 0 aliphatic heterocycles. The smallest absolute Gasteiger partial charge is 0.322 e. The Morgan fingerprint density at radius 3 is 2.31 bits per heavy atom. The average molecular weight is 252 g/mol. The zero-order valence-corrected chi connectivity index (χ0v) is 10.7. The van der Waals surface area contributed by atoms with Crippen molar-refractivity contribution in [2.75, 3.05) is 6.54 Å².